The van der Waals surface area contributed by atoms with Crippen LogP contribution < -0.4 is 10.2 Å². The lowest BCUT2D eigenvalue weighted by atomic mass is 10.0. The van der Waals surface area contributed by atoms with Crippen molar-refractivity contribution < 1.29 is 9.59 Å². The Kier molecular flexibility index (Phi) is 8.47. The van der Waals surface area contributed by atoms with E-state index in [2.05, 4.69) is 42.6 Å². The van der Waals surface area contributed by atoms with Crippen molar-refractivity contribution >= 4 is 35.0 Å². The Balaban J connectivity index is 1.68. The molecule has 6 heteroatoms. The van der Waals surface area contributed by atoms with Gasteiger partial charge in [-0.05, 0) is 67.5 Å². The monoisotopic (exact) mass is 509 g/mol. The van der Waals surface area contributed by atoms with Crippen molar-refractivity contribution in [1.29, 1.82) is 5.26 Å². The lowest BCUT2D eigenvalue weighted by molar-refractivity contribution is -0.117. The molecule has 5 nitrogen and oxygen atoms in total. The number of nitrogens with one attached hydrogen (secondary N) is 1. The van der Waals surface area contributed by atoms with Crippen LogP contribution in [-0.4, -0.2) is 17.1 Å². The number of anilines is 2. The van der Waals surface area contributed by atoms with Crippen LogP contribution in [0.5, 0.6) is 0 Å². The molecule has 0 spiro atoms. The van der Waals surface area contributed by atoms with Gasteiger partial charge in [0.2, 0.25) is 5.91 Å². The molecule has 2 amide bonds. The number of nitrogens with zero attached hydrogens (tertiary/aromatic N) is 2. The fourth-order valence-electron chi connectivity index (χ4n) is 4.35. The molecule has 1 fully saturated rings. The third kappa shape index (κ3) is 5.95. The van der Waals surface area contributed by atoms with Gasteiger partial charge in [-0.25, -0.2) is 0 Å². The Hall–Kier alpha value is -3.82. The van der Waals surface area contributed by atoms with Gasteiger partial charge in [-0.2, -0.15) is 5.26 Å². The highest BCUT2D eigenvalue weighted by Gasteiger charge is 2.41. The van der Waals surface area contributed by atoms with Gasteiger partial charge in [-0.3, -0.25) is 14.5 Å². The first-order valence-electron chi connectivity index (χ1n) is 12.6. The lowest BCUT2D eigenvalue weighted by Gasteiger charge is -2.20. The second kappa shape index (κ2) is 11.9. The molecule has 188 valence electrons. The van der Waals surface area contributed by atoms with E-state index in [1.165, 1.54) is 17.3 Å². The van der Waals surface area contributed by atoms with E-state index in [9.17, 15) is 14.9 Å². The summed E-state index contributed by atoms with van der Waals surface area (Å²) in [6.07, 6.45) is 3.86. The third-order valence-corrected chi connectivity index (χ3v) is 7.78. The zero-order chi connectivity index (χ0) is 26.4. The largest absolute Gasteiger partial charge is 0.321 e. The first-order valence-corrected chi connectivity index (χ1v) is 13.5. The minimum absolute atomic E-state index is 0.0673. The van der Waals surface area contributed by atoms with Gasteiger partial charge in [0.25, 0.3) is 5.91 Å². The fraction of sp³-hybridized carbons (Fsp3) is 0.258. The predicted octanol–water partition coefficient (Wildman–Crippen LogP) is 6.71. The molecule has 1 atom stereocenters. The summed E-state index contributed by atoms with van der Waals surface area (Å²) in [4.78, 5) is 28.6. The predicted molar refractivity (Wildman–Crippen MR) is 151 cm³/mol. The number of aryl methyl sites for hydroxylation is 3. The van der Waals surface area contributed by atoms with E-state index in [0.717, 1.165) is 36.0 Å². The molecule has 0 saturated carbocycles. The molecule has 3 aromatic carbocycles. The standard InChI is InChI=1S/C31H31N3O2S/c1-4-5-12-23-15-17-24(18-16-23)19-28-30(36)34(27-14-9-7-11-22(27)3)31(37-28)25(20-32)29(35)33-26-13-8-6-10-21(26)2/h6-11,13-18,28H,4-5,12,19H2,1-3H3,(H,33,35)/b31-25-. The quantitative estimate of drug-likeness (QED) is 0.270. The van der Waals surface area contributed by atoms with E-state index in [1.807, 2.05) is 56.3 Å². The Labute approximate surface area is 223 Å². The van der Waals surface area contributed by atoms with Gasteiger partial charge < -0.3 is 5.32 Å². The van der Waals surface area contributed by atoms with Gasteiger partial charge in [-0.15, -0.1) is 0 Å². The zero-order valence-electron chi connectivity index (χ0n) is 21.5. The van der Waals surface area contributed by atoms with Crippen LogP contribution in [0.25, 0.3) is 0 Å². The first kappa shape index (κ1) is 26.2. The van der Waals surface area contributed by atoms with Crippen LogP contribution in [0.4, 0.5) is 11.4 Å². The molecule has 1 aliphatic heterocycles. The van der Waals surface area contributed by atoms with Crippen molar-refractivity contribution in [2.45, 2.75) is 51.7 Å². The van der Waals surface area contributed by atoms with Crippen LogP contribution in [0.3, 0.4) is 0 Å². The first-order chi connectivity index (χ1) is 17.9. The van der Waals surface area contributed by atoms with E-state index in [0.29, 0.717) is 22.8 Å². The Morgan fingerprint density at radius 2 is 1.62 bits per heavy atom. The minimum Gasteiger partial charge on any atom is -0.321 e. The number of amides is 2. The molecule has 1 unspecified atom stereocenters. The number of benzene rings is 3. The number of rotatable bonds is 8. The second-order valence-electron chi connectivity index (χ2n) is 9.25. The van der Waals surface area contributed by atoms with Crippen LogP contribution in [-0.2, 0) is 22.4 Å². The van der Waals surface area contributed by atoms with Crippen molar-refractivity contribution in [3.8, 4) is 6.07 Å². The molecule has 3 aromatic rings. The highest BCUT2D eigenvalue weighted by Crippen LogP contribution is 2.43. The summed E-state index contributed by atoms with van der Waals surface area (Å²) in [5.41, 5.74) is 5.39. The molecule has 0 radical (unpaired) electrons. The summed E-state index contributed by atoms with van der Waals surface area (Å²) >= 11 is 1.29. The summed E-state index contributed by atoms with van der Waals surface area (Å²) in [7, 11) is 0. The van der Waals surface area contributed by atoms with Crippen LogP contribution in [0.15, 0.2) is 83.4 Å². The van der Waals surface area contributed by atoms with Gasteiger partial charge in [0.1, 0.15) is 16.7 Å². The number of nitriles is 1. The Bertz CT molecular complexity index is 1370. The summed E-state index contributed by atoms with van der Waals surface area (Å²) < 4.78 is 0. The molecule has 1 aliphatic rings. The molecule has 4 rings (SSSR count). The number of thioether (sulfide) groups is 1. The average Bonchev–Trinajstić information content (AvgIpc) is 3.20. The molecule has 1 saturated heterocycles. The highest BCUT2D eigenvalue weighted by atomic mass is 32.2. The second-order valence-corrected chi connectivity index (χ2v) is 10.4. The topological polar surface area (TPSA) is 73.2 Å². The highest BCUT2D eigenvalue weighted by molar-refractivity contribution is 8.05. The van der Waals surface area contributed by atoms with E-state index in [4.69, 9.17) is 0 Å². The molecular formula is C31H31N3O2S. The molecule has 37 heavy (non-hydrogen) atoms. The van der Waals surface area contributed by atoms with Gasteiger partial charge in [0.15, 0.2) is 0 Å². The number of unbranched alkanes of at least 4 members (excludes halogenated alkanes) is 1. The Morgan fingerprint density at radius 1 is 0.973 bits per heavy atom. The van der Waals surface area contributed by atoms with Crippen LogP contribution in [0, 0.1) is 25.2 Å². The maximum atomic E-state index is 13.8. The van der Waals surface area contributed by atoms with Gasteiger partial charge in [-0.1, -0.05) is 85.8 Å². The minimum atomic E-state index is -0.522. The molecule has 0 aliphatic carbocycles. The van der Waals surface area contributed by atoms with E-state index in [1.54, 1.807) is 11.0 Å². The Morgan fingerprint density at radius 3 is 2.27 bits per heavy atom. The summed E-state index contributed by atoms with van der Waals surface area (Å²) in [5, 5.41) is 12.9. The van der Waals surface area contributed by atoms with Gasteiger partial charge >= 0.3 is 0 Å². The van der Waals surface area contributed by atoms with Crippen molar-refractivity contribution in [2.24, 2.45) is 0 Å². The smallest absolute Gasteiger partial charge is 0.269 e. The fourth-order valence-corrected chi connectivity index (χ4v) is 5.66. The molecular weight excluding hydrogens is 478 g/mol. The van der Waals surface area contributed by atoms with Gasteiger partial charge in [0, 0.05) is 5.69 Å². The van der Waals surface area contributed by atoms with Crippen molar-refractivity contribution in [2.75, 3.05) is 10.2 Å². The maximum absolute atomic E-state index is 13.8. The van der Waals surface area contributed by atoms with E-state index in [-0.39, 0.29) is 11.5 Å². The van der Waals surface area contributed by atoms with Crippen LogP contribution in [0.1, 0.15) is 42.0 Å². The zero-order valence-corrected chi connectivity index (χ0v) is 22.3. The summed E-state index contributed by atoms with van der Waals surface area (Å²) in [5.74, 6) is -0.646. The van der Waals surface area contributed by atoms with Crippen molar-refractivity contribution in [1.82, 2.24) is 0 Å². The number of para-hydroxylation sites is 2. The number of carbonyl (C=O) groups excluding carboxylic acids is 2. The van der Waals surface area contributed by atoms with Crippen molar-refractivity contribution in [3.63, 3.8) is 0 Å². The van der Waals surface area contributed by atoms with Gasteiger partial charge in [0.05, 0.1) is 10.9 Å². The summed E-state index contributed by atoms with van der Waals surface area (Å²) in [6, 6.07) is 25.5. The number of hydrogen-bond donors (Lipinski definition) is 1. The van der Waals surface area contributed by atoms with E-state index < -0.39 is 11.2 Å². The van der Waals surface area contributed by atoms with Crippen LogP contribution >= 0.6 is 11.8 Å². The van der Waals surface area contributed by atoms with Crippen molar-refractivity contribution in [3.05, 3.63) is 106 Å². The van der Waals surface area contributed by atoms with E-state index >= 15 is 0 Å². The molecule has 1 N–H and O–H groups in total. The lowest BCUT2D eigenvalue weighted by Crippen LogP contribution is -2.31. The third-order valence-electron chi connectivity index (χ3n) is 6.52. The molecule has 1 heterocycles. The number of hydrogen-bond acceptors (Lipinski definition) is 4. The number of carbonyl (C=O) groups is 2. The van der Waals surface area contributed by atoms with Crippen LogP contribution in [0.2, 0.25) is 0 Å². The normalized spacial score (nSPS) is 16.4. The molecule has 0 aromatic heterocycles. The maximum Gasteiger partial charge on any atom is 0.269 e. The SMILES string of the molecule is CCCCc1ccc(CC2S/C(=C(/C#N)C(=O)Nc3ccccc3C)N(c3ccccc3C)C2=O)cc1. The molecule has 0 bridgehead atoms. The average molecular weight is 510 g/mol. The summed E-state index contributed by atoms with van der Waals surface area (Å²) in [6.45, 7) is 6.00.